The molecule has 0 bridgehead atoms. The fourth-order valence-corrected chi connectivity index (χ4v) is 2.11. The summed E-state index contributed by atoms with van der Waals surface area (Å²) in [5, 5.41) is 0.210. The van der Waals surface area contributed by atoms with Crippen molar-refractivity contribution in [3.8, 4) is 5.19 Å². The van der Waals surface area contributed by atoms with E-state index in [4.69, 9.17) is 4.55 Å². The number of hydrogen-bond donors (Lipinski definition) is 1. The predicted molar refractivity (Wildman–Crippen MR) is 51.0 cm³/mol. The molecule has 1 aromatic heterocycles. The lowest BCUT2D eigenvalue weighted by molar-refractivity contribution is 0.457. The molecule has 1 N–H and O–H groups in total. The maximum atomic E-state index is 10.3. The monoisotopic (exact) mass is 215 g/mol. The molecule has 0 saturated heterocycles. The number of rotatable bonds is 2. The number of para-hydroxylation sites is 1. The van der Waals surface area contributed by atoms with Gasteiger partial charge in [-0.15, -0.1) is 0 Å². The molecule has 2 aromatic rings. The summed E-state index contributed by atoms with van der Waals surface area (Å²) in [6.45, 7) is 0. The second kappa shape index (κ2) is 3.41. The van der Waals surface area contributed by atoms with E-state index in [1.165, 1.54) is 11.3 Å². The number of thiazole rings is 1. The summed E-state index contributed by atoms with van der Waals surface area (Å²) in [6.07, 6.45) is 0. The first kappa shape index (κ1) is 8.61. The van der Waals surface area contributed by atoms with Crippen LogP contribution in [0.1, 0.15) is 0 Å². The molecule has 1 atom stereocenters. The van der Waals surface area contributed by atoms with Gasteiger partial charge in [-0.3, -0.25) is 4.55 Å². The van der Waals surface area contributed by atoms with Crippen LogP contribution in [-0.4, -0.2) is 13.7 Å². The Bertz CT molecular complexity index is 421. The number of hydrogen-bond acceptors (Lipinski definition) is 4. The Morgan fingerprint density at radius 2 is 2.23 bits per heavy atom. The van der Waals surface area contributed by atoms with Gasteiger partial charge in [-0.05, 0) is 12.1 Å². The number of fused-ring (bicyclic) bond motifs is 1. The van der Waals surface area contributed by atoms with Crippen LogP contribution in [-0.2, 0) is 11.4 Å². The normalized spacial score (nSPS) is 13.0. The Morgan fingerprint density at radius 3 is 2.92 bits per heavy atom. The van der Waals surface area contributed by atoms with E-state index in [0.29, 0.717) is 0 Å². The van der Waals surface area contributed by atoms with Crippen molar-refractivity contribution in [1.29, 1.82) is 0 Å². The third-order valence-electron chi connectivity index (χ3n) is 1.42. The molecule has 0 aliphatic heterocycles. The summed E-state index contributed by atoms with van der Waals surface area (Å²) < 4.78 is 24.2. The lowest BCUT2D eigenvalue weighted by atomic mass is 10.3. The predicted octanol–water partition coefficient (Wildman–Crippen LogP) is 1.81. The van der Waals surface area contributed by atoms with Crippen molar-refractivity contribution in [2.75, 3.05) is 0 Å². The summed E-state index contributed by atoms with van der Waals surface area (Å²) in [7, 11) is 0. The molecule has 0 aliphatic carbocycles. The smallest absolute Gasteiger partial charge is 0.349 e. The first-order valence-corrected chi connectivity index (χ1v) is 5.25. The molecule has 0 amide bonds. The van der Waals surface area contributed by atoms with Crippen LogP contribution in [0.15, 0.2) is 24.3 Å². The molecule has 0 saturated carbocycles. The van der Waals surface area contributed by atoms with Crippen LogP contribution in [0.2, 0.25) is 0 Å². The van der Waals surface area contributed by atoms with Crippen LogP contribution in [0.25, 0.3) is 10.2 Å². The minimum absolute atomic E-state index is 0.210. The standard InChI is InChI=1S/C7H5NO3S2/c9-13(10)11-7-8-5-3-1-2-4-6(5)12-7/h1-4H,(H,9,10). The zero-order chi connectivity index (χ0) is 9.26. The third-order valence-corrected chi connectivity index (χ3v) is 2.74. The van der Waals surface area contributed by atoms with Gasteiger partial charge in [0.05, 0.1) is 10.2 Å². The molecule has 13 heavy (non-hydrogen) atoms. The van der Waals surface area contributed by atoms with Crippen molar-refractivity contribution in [2.24, 2.45) is 0 Å². The average Bonchev–Trinajstić information content (AvgIpc) is 2.44. The fraction of sp³-hybridized carbons (Fsp3) is 0. The quantitative estimate of drug-likeness (QED) is 0.776. The zero-order valence-corrected chi connectivity index (χ0v) is 7.97. The van der Waals surface area contributed by atoms with E-state index in [1.54, 1.807) is 0 Å². The minimum atomic E-state index is -2.30. The molecule has 1 aromatic carbocycles. The van der Waals surface area contributed by atoms with E-state index in [9.17, 15) is 4.21 Å². The Hall–Kier alpha value is -0.980. The highest BCUT2D eigenvalue weighted by Crippen LogP contribution is 2.27. The van der Waals surface area contributed by atoms with Gasteiger partial charge in [-0.2, -0.15) is 4.21 Å². The van der Waals surface area contributed by atoms with Crippen LogP contribution in [0.4, 0.5) is 0 Å². The SMILES string of the molecule is O=S(O)Oc1nc2ccccc2s1. The molecule has 0 radical (unpaired) electrons. The van der Waals surface area contributed by atoms with E-state index < -0.39 is 11.4 Å². The van der Waals surface area contributed by atoms with Crippen molar-refractivity contribution in [3.05, 3.63) is 24.3 Å². The van der Waals surface area contributed by atoms with Gasteiger partial charge in [0, 0.05) is 0 Å². The summed E-state index contributed by atoms with van der Waals surface area (Å²) in [5.41, 5.74) is 0.771. The van der Waals surface area contributed by atoms with Gasteiger partial charge >= 0.3 is 11.4 Å². The number of aromatic nitrogens is 1. The van der Waals surface area contributed by atoms with Gasteiger partial charge in [-0.25, -0.2) is 4.98 Å². The van der Waals surface area contributed by atoms with Crippen LogP contribution in [0, 0.1) is 0 Å². The van der Waals surface area contributed by atoms with Gasteiger partial charge in [0.25, 0.3) is 5.19 Å². The van der Waals surface area contributed by atoms with Crippen molar-refractivity contribution in [2.45, 2.75) is 0 Å². The maximum Gasteiger partial charge on any atom is 0.359 e. The van der Waals surface area contributed by atoms with Crippen LogP contribution >= 0.6 is 11.3 Å². The zero-order valence-electron chi connectivity index (χ0n) is 6.34. The van der Waals surface area contributed by atoms with Crippen LogP contribution < -0.4 is 4.18 Å². The number of benzene rings is 1. The van der Waals surface area contributed by atoms with Crippen LogP contribution in [0.3, 0.4) is 0 Å². The molecule has 0 fully saturated rings. The molecule has 1 unspecified atom stereocenters. The minimum Gasteiger partial charge on any atom is -0.349 e. The van der Waals surface area contributed by atoms with Crippen molar-refractivity contribution in [1.82, 2.24) is 4.98 Å². The Balaban J connectivity index is 2.44. The van der Waals surface area contributed by atoms with E-state index in [-0.39, 0.29) is 5.19 Å². The van der Waals surface area contributed by atoms with Gasteiger partial charge in [-0.1, -0.05) is 23.5 Å². The van der Waals surface area contributed by atoms with E-state index in [0.717, 1.165) is 10.2 Å². The Morgan fingerprint density at radius 1 is 1.46 bits per heavy atom. The second-order valence-corrected chi connectivity index (χ2v) is 3.84. The van der Waals surface area contributed by atoms with Crippen molar-refractivity contribution in [3.63, 3.8) is 0 Å². The molecular weight excluding hydrogens is 210 g/mol. The molecule has 1 heterocycles. The fourth-order valence-electron chi connectivity index (χ4n) is 0.948. The van der Waals surface area contributed by atoms with Gasteiger partial charge in [0.2, 0.25) is 0 Å². The molecule has 2 rings (SSSR count). The summed E-state index contributed by atoms with van der Waals surface area (Å²) >= 11 is -1.06. The summed E-state index contributed by atoms with van der Waals surface area (Å²) in [5.74, 6) is 0. The first-order valence-electron chi connectivity index (χ1n) is 3.40. The highest BCUT2D eigenvalue weighted by Gasteiger charge is 2.05. The molecular formula is C7H5NO3S2. The van der Waals surface area contributed by atoms with Crippen molar-refractivity contribution < 1.29 is 12.9 Å². The highest BCUT2D eigenvalue weighted by molar-refractivity contribution is 7.74. The van der Waals surface area contributed by atoms with Gasteiger partial charge in [0.15, 0.2) is 0 Å². The van der Waals surface area contributed by atoms with Gasteiger partial charge in [0.1, 0.15) is 0 Å². The lowest BCUT2D eigenvalue weighted by Gasteiger charge is -1.89. The lowest BCUT2D eigenvalue weighted by Crippen LogP contribution is -1.96. The Labute approximate surface area is 80.7 Å². The maximum absolute atomic E-state index is 10.3. The van der Waals surface area contributed by atoms with E-state index in [2.05, 4.69) is 9.17 Å². The first-order chi connectivity index (χ1) is 6.25. The molecule has 4 nitrogen and oxygen atoms in total. The largest absolute Gasteiger partial charge is 0.359 e. The third kappa shape index (κ3) is 1.85. The van der Waals surface area contributed by atoms with Crippen LogP contribution in [0.5, 0.6) is 5.19 Å². The van der Waals surface area contributed by atoms with Crippen molar-refractivity contribution >= 4 is 32.9 Å². The second-order valence-electron chi connectivity index (χ2n) is 2.25. The Kier molecular flexibility index (Phi) is 2.26. The highest BCUT2D eigenvalue weighted by atomic mass is 32.2. The molecule has 68 valence electrons. The molecule has 0 spiro atoms. The average molecular weight is 215 g/mol. The van der Waals surface area contributed by atoms with E-state index in [1.807, 2.05) is 24.3 Å². The summed E-state index contributed by atoms with van der Waals surface area (Å²) in [4.78, 5) is 4.00. The molecule has 6 heteroatoms. The summed E-state index contributed by atoms with van der Waals surface area (Å²) in [6, 6.07) is 7.42. The molecule has 0 aliphatic rings. The number of nitrogens with zero attached hydrogens (tertiary/aromatic N) is 1. The van der Waals surface area contributed by atoms with E-state index >= 15 is 0 Å². The van der Waals surface area contributed by atoms with Gasteiger partial charge < -0.3 is 4.18 Å². The topological polar surface area (TPSA) is 59.4 Å².